The largest absolute Gasteiger partial charge is 0.355 e. The lowest BCUT2D eigenvalue weighted by Crippen LogP contribution is -2.30. The van der Waals surface area contributed by atoms with Crippen LogP contribution >= 0.6 is 0 Å². The van der Waals surface area contributed by atoms with Crippen molar-refractivity contribution < 1.29 is 9.59 Å². The summed E-state index contributed by atoms with van der Waals surface area (Å²) in [6.45, 7) is 8.62. The number of nitrogens with zero attached hydrogens (tertiary/aromatic N) is 3. The van der Waals surface area contributed by atoms with E-state index >= 15 is 0 Å². The number of allylic oxidation sites excluding steroid dienone is 4. The molecule has 0 saturated carbocycles. The zero-order valence-electron chi connectivity index (χ0n) is 26.0. The van der Waals surface area contributed by atoms with Gasteiger partial charge in [-0.3, -0.25) is 14.5 Å². The Bertz CT molecular complexity index is 2160. The van der Waals surface area contributed by atoms with Crippen molar-refractivity contribution in [2.24, 2.45) is 11.8 Å². The van der Waals surface area contributed by atoms with Gasteiger partial charge in [0.1, 0.15) is 0 Å². The molecule has 4 aromatic rings. The average molecular weight is 594 g/mol. The van der Waals surface area contributed by atoms with Crippen LogP contribution in [0.2, 0.25) is 0 Å². The highest BCUT2D eigenvalue weighted by Gasteiger charge is 2.51. The van der Waals surface area contributed by atoms with E-state index in [0.29, 0.717) is 18.5 Å². The molecule has 6 heterocycles. The molecule has 7 nitrogen and oxygen atoms in total. The van der Waals surface area contributed by atoms with E-state index in [-0.39, 0.29) is 11.8 Å². The minimum Gasteiger partial charge on any atom is -0.355 e. The van der Waals surface area contributed by atoms with Gasteiger partial charge in [0, 0.05) is 22.1 Å². The third-order valence-corrected chi connectivity index (χ3v) is 10.1. The van der Waals surface area contributed by atoms with Crippen molar-refractivity contribution in [1.82, 2.24) is 19.9 Å². The van der Waals surface area contributed by atoms with Gasteiger partial charge in [0.15, 0.2) is 0 Å². The Hall–Kier alpha value is -5.04. The molecule has 8 bridgehead atoms. The molecule has 0 radical (unpaired) electrons. The zero-order chi connectivity index (χ0) is 31.0. The predicted octanol–water partition coefficient (Wildman–Crippen LogP) is 8.04. The number of aromatic nitrogens is 4. The molecule has 0 unspecified atom stereocenters. The Kier molecular flexibility index (Phi) is 6.27. The van der Waals surface area contributed by atoms with Crippen LogP contribution in [0, 0.1) is 18.8 Å². The van der Waals surface area contributed by atoms with Gasteiger partial charge < -0.3 is 9.97 Å². The minimum absolute atomic E-state index is 0.119. The summed E-state index contributed by atoms with van der Waals surface area (Å²) < 4.78 is 0. The molecule has 4 aliphatic rings. The fraction of sp³-hybridized carbons (Fsp3) is 0.263. The zero-order valence-corrected chi connectivity index (χ0v) is 26.0. The van der Waals surface area contributed by atoms with Crippen molar-refractivity contribution in [2.75, 3.05) is 4.90 Å². The molecular weight excluding hydrogens is 558 g/mol. The summed E-state index contributed by atoms with van der Waals surface area (Å²) in [6.07, 6.45) is 2.68. The van der Waals surface area contributed by atoms with E-state index in [1.165, 1.54) is 21.6 Å². The molecule has 8 rings (SSSR count). The summed E-state index contributed by atoms with van der Waals surface area (Å²) in [4.78, 5) is 46.5. The lowest BCUT2D eigenvalue weighted by Gasteiger charge is -2.23. The predicted molar refractivity (Wildman–Crippen MR) is 180 cm³/mol. The molecule has 7 heteroatoms. The Balaban J connectivity index is 1.37. The van der Waals surface area contributed by atoms with Gasteiger partial charge in [-0.05, 0) is 121 Å². The number of nitrogens with one attached hydrogen (secondary N) is 2. The number of para-hydroxylation sites is 1. The number of hydrogen-bond donors (Lipinski definition) is 2. The summed E-state index contributed by atoms with van der Waals surface area (Å²) in [7, 11) is 0. The third kappa shape index (κ3) is 4.25. The van der Waals surface area contributed by atoms with Crippen molar-refractivity contribution >= 4 is 61.9 Å². The van der Waals surface area contributed by atoms with Gasteiger partial charge in [-0.25, -0.2) is 9.97 Å². The summed E-state index contributed by atoms with van der Waals surface area (Å²) in [6, 6.07) is 22.0. The van der Waals surface area contributed by atoms with Gasteiger partial charge in [0.2, 0.25) is 11.8 Å². The van der Waals surface area contributed by atoms with E-state index in [4.69, 9.17) is 9.97 Å². The van der Waals surface area contributed by atoms with Gasteiger partial charge in [-0.1, -0.05) is 32.0 Å². The molecule has 3 aliphatic heterocycles. The number of carbonyl (C=O) groups excluding carboxylic acids is 2. The standard InChI is InChI=1S/C38H35N5O2/c1-5-25-20(3)31-14-22-12-13-23(39-22)15-32-21(4)26(6-2)34(41-32)19-36-28-17-30-29(16-27(28)35(42-36)18-33(25)40-31)37(44)43(38(30)45)24-10-8-7-9-11-24/h7-15,18-19,29-30,39-40H,5-6,16-17H2,1-4H3/t29-,30+/m1/s1. The normalized spacial score (nSPS) is 19.4. The Morgan fingerprint density at radius 1 is 0.711 bits per heavy atom. The molecule has 224 valence electrons. The number of fused-ring (bicyclic) bond motifs is 11. The Morgan fingerprint density at radius 2 is 1.36 bits per heavy atom. The number of hydrogen-bond acceptors (Lipinski definition) is 4. The number of carbonyl (C=O) groups is 2. The van der Waals surface area contributed by atoms with Crippen molar-refractivity contribution in [2.45, 2.75) is 53.4 Å². The first-order valence-electron chi connectivity index (χ1n) is 15.9. The Labute approximate surface area is 261 Å². The van der Waals surface area contributed by atoms with Crippen LogP contribution < -0.4 is 4.90 Å². The van der Waals surface area contributed by atoms with Crippen LogP contribution in [0.15, 0.2) is 66.7 Å². The van der Waals surface area contributed by atoms with Gasteiger partial charge in [0.05, 0.1) is 40.3 Å². The molecule has 1 aromatic carbocycles. The molecule has 2 amide bonds. The number of aromatic amines is 2. The monoisotopic (exact) mass is 593 g/mol. The fourth-order valence-corrected chi connectivity index (χ4v) is 7.69. The molecular formula is C38H35N5O2. The van der Waals surface area contributed by atoms with Gasteiger partial charge >= 0.3 is 0 Å². The number of amides is 2. The summed E-state index contributed by atoms with van der Waals surface area (Å²) in [5, 5.41) is 0. The first-order chi connectivity index (χ1) is 21.8. The molecule has 0 spiro atoms. The minimum atomic E-state index is -0.408. The smallest absolute Gasteiger partial charge is 0.238 e. The number of benzene rings is 1. The summed E-state index contributed by atoms with van der Waals surface area (Å²) in [5.74, 6) is -1.05. The Morgan fingerprint density at radius 3 is 2.02 bits per heavy atom. The highest BCUT2D eigenvalue weighted by Crippen LogP contribution is 2.50. The number of aryl methyl sites for hydroxylation is 2. The van der Waals surface area contributed by atoms with Crippen LogP contribution in [0.25, 0.3) is 44.4 Å². The van der Waals surface area contributed by atoms with Crippen LogP contribution in [-0.4, -0.2) is 31.8 Å². The van der Waals surface area contributed by atoms with E-state index in [1.54, 1.807) is 0 Å². The average Bonchev–Trinajstić information content (AvgIpc) is 3.82. The number of anilines is 1. The fourth-order valence-electron chi connectivity index (χ4n) is 7.69. The summed E-state index contributed by atoms with van der Waals surface area (Å²) >= 11 is 0. The molecule has 1 aliphatic carbocycles. The van der Waals surface area contributed by atoms with Gasteiger partial charge in [-0.15, -0.1) is 0 Å². The van der Waals surface area contributed by atoms with Crippen LogP contribution in [0.3, 0.4) is 0 Å². The van der Waals surface area contributed by atoms with Crippen molar-refractivity contribution in [1.29, 1.82) is 0 Å². The maximum absolute atomic E-state index is 13.8. The van der Waals surface area contributed by atoms with E-state index in [2.05, 4.69) is 74.1 Å². The highest BCUT2D eigenvalue weighted by atomic mass is 16.2. The SMILES string of the molecule is CCC1=C(C)c2cc3ccc(cc4[nH]c(cc5nc(cc1n2)C1=C5C[C@H]2C(=O)N(c5ccccc5)C(=O)[C@H]2C1)c(CC)c4C)[nH]3. The molecule has 2 atom stereocenters. The van der Waals surface area contributed by atoms with E-state index in [1.807, 2.05) is 30.3 Å². The van der Waals surface area contributed by atoms with Crippen molar-refractivity contribution in [3.63, 3.8) is 0 Å². The maximum atomic E-state index is 13.8. The number of rotatable bonds is 3. The molecule has 1 saturated heterocycles. The number of H-pyrrole nitrogens is 2. The maximum Gasteiger partial charge on any atom is 0.238 e. The number of imide groups is 1. The molecule has 45 heavy (non-hydrogen) atoms. The third-order valence-electron chi connectivity index (χ3n) is 10.1. The van der Waals surface area contributed by atoms with E-state index in [9.17, 15) is 9.59 Å². The molecule has 3 aromatic heterocycles. The summed E-state index contributed by atoms with van der Waals surface area (Å²) in [5.41, 5.74) is 15.2. The van der Waals surface area contributed by atoms with E-state index in [0.717, 1.165) is 74.4 Å². The topological polar surface area (TPSA) is 94.7 Å². The first kappa shape index (κ1) is 27.5. The second-order valence-corrected chi connectivity index (χ2v) is 12.5. The first-order valence-corrected chi connectivity index (χ1v) is 15.9. The van der Waals surface area contributed by atoms with Crippen LogP contribution in [0.4, 0.5) is 5.69 Å². The van der Waals surface area contributed by atoms with Crippen LogP contribution in [0.1, 0.15) is 73.9 Å². The van der Waals surface area contributed by atoms with Crippen molar-refractivity contribution in [3.05, 3.63) is 101 Å². The van der Waals surface area contributed by atoms with Crippen LogP contribution in [0.5, 0.6) is 0 Å². The quantitative estimate of drug-likeness (QED) is 0.235. The second-order valence-electron chi connectivity index (χ2n) is 12.5. The highest BCUT2D eigenvalue weighted by molar-refractivity contribution is 6.23. The second kappa shape index (κ2) is 10.3. The van der Waals surface area contributed by atoms with Crippen molar-refractivity contribution in [3.8, 4) is 0 Å². The van der Waals surface area contributed by atoms with Gasteiger partial charge in [0.25, 0.3) is 0 Å². The van der Waals surface area contributed by atoms with Gasteiger partial charge in [-0.2, -0.15) is 0 Å². The van der Waals surface area contributed by atoms with Crippen LogP contribution in [-0.2, 0) is 16.0 Å². The van der Waals surface area contributed by atoms with E-state index < -0.39 is 11.8 Å². The lowest BCUT2D eigenvalue weighted by atomic mass is 9.76. The molecule has 1 fully saturated rings. The lowest BCUT2D eigenvalue weighted by molar-refractivity contribution is -0.122. The molecule has 2 N–H and O–H groups in total.